The van der Waals surface area contributed by atoms with E-state index in [2.05, 4.69) is 72.3 Å². The van der Waals surface area contributed by atoms with Crippen molar-refractivity contribution in [3.05, 3.63) is 35.7 Å². The number of ketones is 1. The van der Waals surface area contributed by atoms with Gasteiger partial charge in [-0.15, -0.1) is 0 Å². The second-order valence-corrected chi connectivity index (χ2v) is 9.90. The molecule has 0 bridgehead atoms. The van der Waals surface area contributed by atoms with Crippen LogP contribution in [-0.2, 0) is 5.41 Å². The van der Waals surface area contributed by atoms with E-state index in [-0.39, 0.29) is 16.9 Å². The summed E-state index contributed by atoms with van der Waals surface area (Å²) in [6.07, 6.45) is 3.77. The largest absolute Gasteiger partial charge is 0.448 e. The molecule has 2 N–H and O–H groups in total. The lowest BCUT2D eigenvalue weighted by atomic mass is 9.74. The van der Waals surface area contributed by atoms with E-state index in [4.69, 9.17) is 14.6 Å². The molecule has 0 saturated carbocycles. The van der Waals surface area contributed by atoms with Crippen molar-refractivity contribution in [1.29, 1.82) is 0 Å². The zero-order valence-electron chi connectivity index (χ0n) is 21.4. The lowest BCUT2D eigenvalue weighted by Gasteiger charge is -2.31. The standard InChI is InChI=1S/C13H21NO2.C12H20N2O2/c1-6-11(9(4)8(2)3)13-14-12(7-16-13)10(5)15;1-7(2)8(3)12(4,5)11-14-9(6-16-11)10(13)15/h7-9,11H,6H2,1-5H3;6-8H,1-5H3,(H2,13,15). The maximum atomic E-state index is 11.2. The number of nitrogens with zero attached hydrogens (tertiary/aromatic N) is 2. The average Bonchev–Trinajstić information content (AvgIpc) is 3.38. The predicted molar refractivity (Wildman–Crippen MR) is 126 cm³/mol. The molecule has 180 valence electrons. The predicted octanol–water partition coefficient (Wildman–Crippen LogP) is 6.01. The summed E-state index contributed by atoms with van der Waals surface area (Å²) >= 11 is 0. The summed E-state index contributed by atoms with van der Waals surface area (Å²) in [4.78, 5) is 30.5. The number of amides is 1. The van der Waals surface area contributed by atoms with E-state index in [0.29, 0.717) is 47.1 Å². The van der Waals surface area contributed by atoms with E-state index in [0.717, 1.165) is 6.42 Å². The molecule has 0 saturated heterocycles. The van der Waals surface area contributed by atoms with E-state index in [1.165, 1.54) is 19.5 Å². The van der Waals surface area contributed by atoms with E-state index < -0.39 is 5.91 Å². The molecule has 0 aromatic carbocycles. The van der Waals surface area contributed by atoms with Crippen LogP contribution in [0.3, 0.4) is 0 Å². The molecule has 2 rings (SSSR count). The number of hydrogen-bond acceptors (Lipinski definition) is 6. The van der Waals surface area contributed by atoms with Gasteiger partial charge >= 0.3 is 0 Å². The Morgan fingerprint density at radius 1 is 0.969 bits per heavy atom. The highest BCUT2D eigenvalue weighted by molar-refractivity contribution is 5.91. The number of carbonyl (C=O) groups excluding carboxylic acids is 2. The van der Waals surface area contributed by atoms with Crippen LogP contribution in [0.25, 0.3) is 0 Å². The first-order valence-corrected chi connectivity index (χ1v) is 11.5. The van der Waals surface area contributed by atoms with Gasteiger partial charge < -0.3 is 14.6 Å². The second-order valence-electron chi connectivity index (χ2n) is 9.90. The summed E-state index contributed by atoms with van der Waals surface area (Å²) in [5.41, 5.74) is 5.57. The second kappa shape index (κ2) is 11.4. The fourth-order valence-electron chi connectivity index (χ4n) is 3.57. The summed E-state index contributed by atoms with van der Waals surface area (Å²) in [5, 5.41) is 0. The molecule has 0 aliphatic heterocycles. The van der Waals surface area contributed by atoms with E-state index in [1.807, 2.05) is 0 Å². The molecule has 0 radical (unpaired) electrons. The van der Waals surface area contributed by atoms with Crippen LogP contribution in [-0.4, -0.2) is 21.7 Å². The Morgan fingerprint density at radius 2 is 1.53 bits per heavy atom. The van der Waals surface area contributed by atoms with Gasteiger partial charge in [-0.3, -0.25) is 9.59 Å². The van der Waals surface area contributed by atoms with Gasteiger partial charge in [0.1, 0.15) is 18.2 Å². The Hall–Kier alpha value is -2.44. The Labute approximate surface area is 192 Å². The van der Waals surface area contributed by atoms with Gasteiger partial charge in [0.15, 0.2) is 17.4 Å². The monoisotopic (exact) mass is 447 g/mol. The molecule has 3 unspecified atom stereocenters. The normalized spacial score (nSPS) is 14.6. The van der Waals surface area contributed by atoms with Crippen LogP contribution < -0.4 is 5.73 Å². The third kappa shape index (κ3) is 6.78. The van der Waals surface area contributed by atoms with Gasteiger partial charge in [0.2, 0.25) is 5.89 Å². The first kappa shape index (κ1) is 27.6. The van der Waals surface area contributed by atoms with Crippen LogP contribution >= 0.6 is 0 Å². The van der Waals surface area contributed by atoms with Crippen molar-refractivity contribution in [2.45, 2.75) is 87.0 Å². The van der Waals surface area contributed by atoms with E-state index in [9.17, 15) is 9.59 Å². The lowest BCUT2D eigenvalue weighted by molar-refractivity contribution is 0.0991. The van der Waals surface area contributed by atoms with Crippen LogP contribution in [0.4, 0.5) is 0 Å². The fourth-order valence-corrected chi connectivity index (χ4v) is 3.57. The molecule has 0 spiro atoms. The summed E-state index contributed by atoms with van der Waals surface area (Å²) in [7, 11) is 0. The third-order valence-corrected chi connectivity index (χ3v) is 6.77. The number of primary amides is 1. The molecule has 2 heterocycles. The van der Waals surface area contributed by atoms with Gasteiger partial charge in [-0.25, -0.2) is 9.97 Å². The minimum Gasteiger partial charge on any atom is -0.448 e. The molecule has 0 aliphatic rings. The van der Waals surface area contributed by atoms with Gasteiger partial charge in [-0.2, -0.15) is 0 Å². The number of oxazole rings is 2. The molecule has 0 aliphatic carbocycles. The van der Waals surface area contributed by atoms with Crippen molar-refractivity contribution in [2.24, 2.45) is 29.4 Å². The van der Waals surface area contributed by atoms with Crippen LogP contribution in [0.1, 0.15) is 114 Å². The zero-order valence-corrected chi connectivity index (χ0v) is 21.4. The van der Waals surface area contributed by atoms with Crippen LogP contribution in [0.5, 0.6) is 0 Å². The van der Waals surface area contributed by atoms with Gasteiger partial charge in [0, 0.05) is 18.3 Å². The van der Waals surface area contributed by atoms with Crippen molar-refractivity contribution in [1.82, 2.24) is 9.97 Å². The smallest absolute Gasteiger partial charge is 0.270 e. The molecule has 32 heavy (non-hydrogen) atoms. The summed E-state index contributed by atoms with van der Waals surface area (Å²) in [6.45, 7) is 20.8. The highest BCUT2D eigenvalue weighted by Gasteiger charge is 2.34. The number of nitrogens with two attached hydrogens (primary N) is 1. The highest BCUT2D eigenvalue weighted by Crippen LogP contribution is 2.35. The van der Waals surface area contributed by atoms with Gasteiger partial charge in [-0.1, -0.05) is 62.3 Å². The van der Waals surface area contributed by atoms with Crippen molar-refractivity contribution in [3.63, 3.8) is 0 Å². The molecule has 2 aromatic heterocycles. The molecule has 7 heteroatoms. The average molecular weight is 448 g/mol. The molecule has 7 nitrogen and oxygen atoms in total. The fraction of sp³-hybridized carbons (Fsp3) is 0.680. The first-order valence-electron chi connectivity index (χ1n) is 11.5. The molecule has 1 amide bonds. The highest BCUT2D eigenvalue weighted by atomic mass is 16.3. The Morgan fingerprint density at radius 3 is 1.91 bits per heavy atom. The maximum absolute atomic E-state index is 11.2. The zero-order chi connectivity index (χ0) is 24.8. The molecular formula is C25H41N3O4. The third-order valence-electron chi connectivity index (χ3n) is 6.77. The lowest BCUT2D eigenvalue weighted by Crippen LogP contribution is -2.30. The number of carbonyl (C=O) groups is 2. The van der Waals surface area contributed by atoms with Gasteiger partial charge in [0.05, 0.1) is 0 Å². The summed E-state index contributed by atoms with van der Waals surface area (Å²) < 4.78 is 10.8. The summed E-state index contributed by atoms with van der Waals surface area (Å²) in [5.74, 6) is 2.97. The quantitative estimate of drug-likeness (QED) is 0.471. The van der Waals surface area contributed by atoms with Crippen LogP contribution in [0.15, 0.2) is 21.4 Å². The topological polar surface area (TPSA) is 112 Å². The molecule has 0 fully saturated rings. The van der Waals surface area contributed by atoms with E-state index >= 15 is 0 Å². The van der Waals surface area contributed by atoms with Crippen LogP contribution in [0.2, 0.25) is 0 Å². The van der Waals surface area contributed by atoms with Gasteiger partial charge in [0.25, 0.3) is 5.91 Å². The Bertz CT molecular complexity index is 879. The SMILES string of the molecule is CC(C)C(C)C(C)(C)c1nc(C(N)=O)co1.CCC(c1nc(C(C)=O)co1)C(C)C(C)C. The first-order chi connectivity index (χ1) is 14.7. The van der Waals surface area contributed by atoms with Crippen molar-refractivity contribution in [3.8, 4) is 0 Å². The Balaban J connectivity index is 0.000000320. The van der Waals surface area contributed by atoms with Crippen LogP contribution in [0, 0.1) is 23.7 Å². The summed E-state index contributed by atoms with van der Waals surface area (Å²) in [6, 6.07) is 0. The molecular weight excluding hydrogens is 406 g/mol. The van der Waals surface area contributed by atoms with E-state index in [1.54, 1.807) is 0 Å². The molecule has 3 atom stereocenters. The Kier molecular flexibility index (Phi) is 9.86. The minimum atomic E-state index is -0.553. The minimum absolute atomic E-state index is 0.0398. The number of rotatable bonds is 9. The maximum Gasteiger partial charge on any atom is 0.270 e. The van der Waals surface area contributed by atoms with Gasteiger partial charge in [-0.05, 0) is 30.1 Å². The van der Waals surface area contributed by atoms with Crippen molar-refractivity contribution < 1.29 is 18.4 Å². The number of aromatic nitrogens is 2. The number of hydrogen-bond donors (Lipinski definition) is 1. The molecule has 2 aromatic rings. The van der Waals surface area contributed by atoms with Crippen molar-refractivity contribution in [2.75, 3.05) is 0 Å². The van der Waals surface area contributed by atoms with Crippen molar-refractivity contribution >= 4 is 11.7 Å². The number of Topliss-reactive ketones (excluding diaryl/α,β-unsaturated/α-hetero) is 1.